The Hall–Kier alpha value is -2.77. The van der Waals surface area contributed by atoms with Gasteiger partial charge in [-0.05, 0) is 31.2 Å². The summed E-state index contributed by atoms with van der Waals surface area (Å²) in [6.07, 6.45) is 0. The van der Waals surface area contributed by atoms with Crippen LogP contribution >= 0.6 is 0 Å². The lowest BCUT2D eigenvalue weighted by atomic mass is 10.2. The number of hydrogen-bond acceptors (Lipinski definition) is 4. The summed E-state index contributed by atoms with van der Waals surface area (Å²) in [5, 5.41) is 12.6. The highest BCUT2D eigenvalue weighted by atomic mass is 19.3. The van der Waals surface area contributed by atoms with E-state index in [1.165, 1.54) is 28.9 Å². The van der Waals surface area contributed by atoms with Crippen molar-refractivity contribution in [3.63, 3.8) is 0 Å². The molecule has 1 heterocycles. The number of nitrogens with zero attached hydrogens (tertiary/aromatic N) is 2. The zero-order chi connectivity index (χ0) is 15.6. The number of aromatic nitrogens is 2. The van der Waals surface area contributed by atoms with E-state index in [1.54, 1.807) is 6.92 Å². The van der Waals surface area contributed by atoms with Crippen molar-refractivity contribution in [1.29, 1.82) is 0 Å². The van der Waals surface area contributed by atoms with Gasteiger partial charge < -0.3 is 9.84 Å². The molecule has 0 fully saturated rings. The molecule has 0 aliphatic carbocycles. The van der Waals surface area contributed by atoms with Crippen LogP contribution in [0.4, 0.5) is 8.78 Å². The van der Waals surface area contributed by atoms with Crippen molar-refractivity contribution in [2.24, 2.45) is 0 Å². The molecule has 1 aromatic heterocycles. The van der Waals surface area contributed by atoms with E-state index in [2.05, 4.69) is 9.84 Å². The van der Waals surface area contributed by atoms with Gasteiger partial charge in [0.2, 0.25) is 11.1 Å². The number of aromatic carboxylic acids is 1. The Morgan fingerprint density at radius 1 is 1.33 bits per heavy atom. The van der Waals surface area contributed by atoms with E-state index in [-0.39, 0.29) is 5.75 Å². The molecule has 110 valence electrons. The lowest BCUT2D eigenvalue weighted by molar-refractivity contribution is -0.0498. The molecule has 0 atom stereocenters. The Morgan fingerprint density at radius 2 is 1.95 bits per heavy atom. The van der Waals surface area contributed by atoms with Crippen LogP contribution in [0.25, 0.3) is 5.69 Å². The molecule has 8 heteroatoms. The lowest BCUT2D eigenvalue weighted by Crippen LogP contribution is -2.22. The standard InChI is InChI=1S/C13H10F2N2O4/c1-7-6-10(18)11(12(19)20)16-17(7)8-2-4-9(5-3-8)21-13(14)15/h2-6,13H,1H3,(H,19,20). The molecule has 0 aliphatic heterocycles. The maximum atomic E-state index is 12.1. The smallest absolute Gasteiger partial charge is 0.387 e. The van der Waals surface area contributed by atoms with Crippen LogP contribution in [0.15, 0.2) is 35.1 Å². The second-order valence-corrected chi connectivity index (χ2v) is 4.09. The number of hydrogen-bond donors (Lipinski definition) is 1. The number of halogens is 2. The van der Waals surface area contributed by atoms with Crippen molar-refractivity contribution >= 4 is 5.97 Å². The summed E-state index contributed by atoms with van der Waals surface area (Å²) in [7, 11) is 0. The number of alkyl halides is 2. The predicted octanol–water partition coefficient (Wildman–Crippen LogP) is 1.84. The van der Waals surface area contributed by atoms with E-state index in [1.807, 2.05) is 0 Å². The molecule has 0 aliphatic rings. The van der Waals surface area contributed by atoms with Crippen LogP contribution in [0, 0.1) is 6.92 Å². The van der Waals surface area contributed by atoms with Crippen molar-refractivity contribution in [3.05, 3.63) is 51.9 Å². The Balaban J connectivity index is 2.44. The molecule has 1 N–H and O–H groups in total. The first-order chi connectivity index (χ1) is 9.88. The third kappa shape index (κ3) is 3.22. The Morgan fingerprint density at radius 3 is 2.48 bits per heavy atom. The van der Waals surface area contributed by atoms with Gasteiger partial charge in [0.1, 0.15) is 5.75 Å². The molecule has 21 heavy (non-hydrogen) atoms. The van der Waals surface area contributed by atoms with Crippen LogP contribution in [0.5, 0.6) is 5.75 Å². The fourth-order valence-corrected chi connectivity index (χ4v) is 1.73. The van der Waals surface area contributed by atoms with Gasteiger partial charge in [-0.1, -0.05) is 0 Å². The van der Waals surface area contributed by atoms with E-state index in [9.17, 15) is 18.4 Å². The molecule has 0 unspecified atom stereocenters. The van der Waals surface area contributed by atoms with Crippen molar-refractivity contribution < 1.29 is 23.4 Å². The molecule has 2 rings (SSSR count). The van der Waals surface area contributed by atoms with Gasteiger partial charge in [-0.2, -0.15) is 13.9 Å². The minimum absolute atomic E-state index is 0.0362. The van der Waals surface area contributed by atoms with E-state index < -0.39 is 23.7 Å². The topological polar surface area (TPSA) is 81.4 Å². The van der Waals surface area contributed by atoms with Crippen LogP contribution in [0.3, 0.4) is 0 Å². The van der Waals surface area contributed by atoms with E-state index in [4.69, 9.17) is 5.11 Å². The average molecular weight is 296 g/mol. The summed E-state index contributed by atoms with van der Waals surface area (Å²) < 4.78 is 29.6. The molecular weight excluding hydrogens is 286 g/mol. The second kappa shape index (κ2) is 5.70. The first-order valence-corrected chi connectivity index (χ1v) is 5.78. The van der Waals surface area contributed by atoms with E-state index >= 15 is 0 Å². The minimum atomic E-state index is -2.93. The van der Waals surface area contributed by atoms with Gasteiger partial charge in [0.25, 0.3) is 0 Å². The predicted molar refractivity (Wildman–Crippen MR) is 68.2 cm³/mol. The fourth-order valence-electron chi connectivity index (χ4n) is 1.73. The number of aryl methyl sites for hydroxylation is 1. The maximum Gasteiger partial charge on any atom is 0.387 e. The number of carboxylic acid groups (broad SMARTS) is 1. The summed E-state index contributed by atoms with van der Waals surface area (Å²) in [6.45, 7) is -1.36. The first-order valence-electron chi connectivity index (χ1n) is 5.78. The van der Waals surface area contributed by atoms with Crippen molar-refractivity contribution in [3.8, 4) is 11.4 Å². The average Bonchev–Trinajstić information content (AvgIpc) is 2.39. The van der Waals surface area contributed by atoms with Gasteiger partial charge in [-0.3, -0.25) is 4.79 Å². The Kier molecular flexibility index (Phi) is 3.97. The molecule has 1 aromatic carbocycles. The highest BCUT2D eigenvalue weighted by molar-refractivity contribution is 5.84. The van der Waals surface area contributed by atoms with Gasteiger partial charge in [-0.25, -0.2) is 9.48 Å². The summed E-state index contributed by atoms with van der Waals surface area (Å²) in [4.78, 5) is 22.4. The highest BCUT2D eigenvalue weighted by Gasteiger charge is 2.14. The summed E-state index contributed by atoms with van der Waals surface area (Å²) in [5.41, 5.74) is -0.494. The molecular formula is C13H10F2N2O4. The Bertz CT molecular complexity index is 726. The fraction of sp³-hybridized carbons (Fsp3) is 0.154. The minimum Gasteiger partial charge on any atom is -0.476 e. The van der Waals surface area contributed by atoms with Crippen LogP contribution in [0.1, 0.15) is 16.2 Å². The van der Waals surface area contributed by atoms with Crippen LogP contribution in [-0.2, 0) is 0 Å². The molecule has 0 bridgehead atoms. The summed E-state index contributed by atoms with van der Waals surface area (Å²) in [5.74, 6) is -1.47. The molecule has 0 amide bonds. The van der Waals surface area contributed by atoms with Gasteiger partial charge in [0.05, 0.1) is 5.69 Å². The Labute approximate surface area is 117 Å². The molecule has 0 radical (unpaired) electrons. The van der Waals surface area contributed by atoms with Gasteiger partial charge in [-0.15, -0.1) is 0 Å². The lowest BCUT2D eigenvalue weighted by Gasteiger charge is -2.11. The SMILES string of the molecule is Cc1cc(=O)c(C(=O)O)nn1-c1ccc(OC(F)F)cc1. The zero-order valence-corrected chi connectivity index (χ0v) is 10.8. The third-order valence-corrected chi connectivity index (χ3v) is 2.62. The third-order valence-electron chi connectivity index (χ3n) is 2.62. The van der Waals surface area contributed by atoms with E-state index in [0.717, 1.165) is 6.07 Å². The quantitative estimate of drug-likeness (QED) is 0.931. The molecule has 0 saturated heterocycles. The normalized spacial score (nSPS) is 10.7. The molecule has 0 saturated carbocycles. The molecule has 2 aromatic rings. The number of carbonyl (C=O) groups is 1. The summed E-state index contributed by atoms with van der Waals surface area (Å²) in [6, 6.07) is 6.57. The second-order valence-electron chi connectivity index (χ2n) is 4.09. The van der Waals surface area contributed by atoms with E-state index in [0.29, 0.717) is 11.4 Å². The number of benzene rings is 1. The van der Waals surface area contributed by atoms with Crippen molar-refractivity contribution in [2.75, 3.05) is 0 Å². The van der Waals surface area contributed by atoms with Crippen molar-refractivity contribution in [1.82, 2.24) is 9.78 Å². The van der Waals surface area contributed by atoms with Crippen LogP contribution in [-0.4, -0.2) is 27.5 Å². The van der Waals surface area contributed by atoms with Gasteiger partial charge >= 0.3 is 12.6 Å². The molecule has 6 nitrogen and oxygen atoms in total. The van der Waals surface area contributed by atoms with Gasteiger partial charge in [0.15, 0.2) is 0 Å². The zero-order valence-electron chi connectivity index (χ0n) is 10.8. The number of carboxylic acids is 1. The summed E-state index contributed by atoms with van der Waals surface area (Å²) >= 11 is 0. The number of ether oxygens (including phenoxy) is 1. The highest BCUT2D eigenvalue weighted by Crippen LogP contribution is 2.17. The number of rotatable bonds is 4. The largest absolute Gasteiger partial charge is 0.476 e. The monoisotopic (exact) mass is 296 g/mol. The maximum absolute atomic E-state index is 12.1. The van der Waals surface area contributed by atoms with Crippen LogP contribution < -0.4 is 10.2 Å². The van der Waals surface area contributed by atoms with Crippen molar-refractivity contribution in [2.45, 2.75) is 13.5 Å². The van der Waals surface area contributed by atoms with Gasteiger partial charge in [0, 0.05) is 11.8 Å². The molecule has 0 spiro atoms. The first kappa shape index (κ1) is 14.6. The van der Waals surface area contributed by atoms with Crippen LogP contribution in [0.2, 0.25) is 0 Å².